The van der Waals surface area contributed by atoms with Gasteiger partial charge in [0.25, 0.3) is 10.7 Å². The molecule has 0 atom stereocenters. The van der Waals surface area contributed by atoms with Crippen molar-refractivity contribution in [3.05, 3.63) is 52.7 Å². The van der Waals surface area contributed by atoms with Crippen molar-refractivity contribution in [1.29, 1.82) is 0 Å². The molecule has 1 aliphatic heterocycles. The van der Waals surface area contributed by atoms with E-state index in [4.69, 9.17) is 16.6 Å². The van der Waals surface area contributed by atoms with Crippen molar-refractivity contribution in [2.24, 2.45) is 0 Å². The predicted molar refractivity (Wildman–Crippen MR) is 112 cm³/mol. The lowest BCUT2D eigenvalue weighted by Crippen LogP contribution is -2.47. The number of aromatic nitrogens is 6. The Bertz CT molecular complexity index is 1130. The van der Waals surface area contributed by atoms with Gasteiger partial charge in [-0.25, -0.2) is 4.68 Å². The van der Waals surface area contributed by atoms with Gasteiger partial charge in [0.15, 0.2) is 0 Å². The van der Waals surface area contributed by atoms with Crippen LogP contribution in [0.15, 0.2) is 52.3 Å². The summed E-state index contributed by atoms with van der Waals surface area (Å²) in [6, 6.07) is 13.9. The number of benzene rings is 1. The van der Waals surface area contributed by atoms with Gasteiger partial charge in [0, 0.05) is 26.2 Å². The number of hydrogen-bond donors (Lipinski definition) is 0. The largest absolute Gasteiger partial charge is 0.408 e. The van der Waals surface area contributed by atoms with Crippen LogP contribution in [-0.4, -0.2) is 61.1 Å². The lowest BCUT2D eigenvalue weighted by molar-refractivity contribution is 0.191. The zero-order chi connectivity index (χ0) is 19.6. The van der Waals surface area contributed by atoms with Crippen LogP contribution in [0.3, 0.4) is 0 Å². The second-order valence-electron chi connectivity index (χ2n) is 6.62. The average molecular weight is 427 g/mol. The fourth-order valence-electron chi connectivity index (χ4n) is 3.29. The van der Waals surface area contributed by atoms with E-state index >= 15 is 0 Å². The van der Waals surface area contributed by atoms with E-state index in [9.17, 15) is 0 Å². The number of thiophene rings is 1. The first-order valence-corrected chi connectivity index (χ1v) is 10.5. The predicted octanol–water partition coefficient (Wildman–Crippen LogP) is 2.69. The van der Waals surface area contributed by atoms with Gasteiger partial charge >= 0.3 is 0 Å². The Labute approximate surface area is 175 Å². The number of nitrogens with zero attached hydrogens (tertiary/aromatic N) is 8. The summed E-state index contributed by atoms with van der Waals surface area (Å²) in [5.74, 6) is 1.33. The number of hydrogen-bond acceptors (Lipinski definition) is 9. The third kappa shape index (κ3) is 3.71. The van der Waals surface area contributed by atoms with E-state index in [1.54, 1.807) is 20.7 Å². The first-order chi connectivity index (χ1) is 14.3. The monoisotopic (exact) mass is 426 g/mol. The highest BCUT2D eigenvalue weighted by Gasteiger charge is 2.23. The van der Waals surface area contributed by atoms with E-state index in [0.29, 0.717) is 17.4 Å². The van der Waals surface area contributed by atoms with E-state index in [1.165, 1.54) is 0 Å². The Morgan fingerprint density at radius 3 is 2.62 bits per heavy atom. The van der Waals surface area contributed by atoms with Crippen LogP contribution in [0, 0.1) is 4.84 Å². The van der Waals surface area contributed by atoms with Gasteiger partial charge in [0.2, 0.25) is 5.95 Å². The van der Waals surface area contributed by atoms with Crippen molar-refractivity contribution in [3.63, 3.8) is 0 Å². The summed E-state index contributed by atoms with van der Waals surface area (Å²) < 4.78 is 9.17. The van der Waals surface area contributed by atoms with Crippen molar-refractivity contribution < 1.29 is 4.42 Å². The second-order valence-corrected chi connectivity index (χ2v) is 7.92. The third-order valence-corrected chi connectivity index (χ3v) is 5.93. The highest BCUT2D eigenvalue weighted by atomic mass is 32.1. The number of anilines is 1. The van der Waals surface area contributed by atoms with Gasteiger partial charge in [0.05, 0.1) is 17.2 Å². The minimum absolute atomic E-state index is 0.392. The molecule has 0 spiro atoms. The minimum Gasteiger partial charge on any atom is -0.408 e. The summed E-state index contributed by atoms with van der Waals surface area (Å²) in [4.78, 5) is 5.86. The molecule has 0 amide bonds. The normalized spacial score (nSPS) is 15.1. The number of para-hydroxylation sites is 1. The molecule has 0 aliphatic carbocycles. The molecule has 0 unspecified atom stereocenters. The fraction of sp³-hybridized carbons (Fsp3) is 0.278. The summed E-state index contributed by atoms with van der Waals surface area (Å²) in [6.07, 6.45) is 0. The molecule has 148 valence electrons. The molecule has 0 N–H and O–H groups in total. The van der Waals surface area contributed by atoms with Gasteiger partial charge in [-0.2, -0.15) is 4.68 Å². The first-order valence-electron chi connectivity index (χ1n) is 9.21. The van der Waals surface area contributed by atoms with Crippen molar-refractivity contribution in [3.8, 4) is 16.5 Å². The third-order valence-electron chi connectivity index (χ3n) is 4.78. The van der Waals surface area contributed by atoms with Crippen molar-refractivity contribution in [2.75, 3.05) is 31.1 Å². The van der Waals surface area contributed by atoms with Crippen LogP contribution in [0.4, 0.5) is 5.95 Å². The summed E-state index contributed by atoms with van der Waals surface area (Å²) in [5, 5.41) is 18.8. The molecule has 0 radical (unpaired) electrons. The maximum Gasteiger partial charge on any atom is 0.288 e. The van der Waals surface area contributed by atoms with Crippen LogP contribution in [0.5, 0.6) is 0 Å². The van der Waals surface area contributed by atoms with E-state index < -0.39 is 0 Å². The van der Waals surface area contributed by atoms with Gasteiger partial charge in [-0.1, -0.05) is 29.4 Å². The maximum atomic E-state index is 5.66. The molecule has 4 aromatic rings. The summed E-state index contributed by atoms with van der Waals surface area (Å²) in [7, 11) is 0. The Hall–Kier alpha value is -2.89. The van der Waals surface area contributed by atoms with E-state index in [1.807, 2.05) is 47.8 Å². The van der Waals surface area contributed by atoms with Crippen LogP contribution < -0.4 is 4.90 Å². The van der Waals surface area contributed by atoms with Crippen molar-refractivity contribution in [2.45, 2.75) is 6.67 Å². The highest BCUT2D eigenvalue weighted by Crippen LogP contribution is 2.23. The fourth-order valence-corrected chi connectivity index (χ4v) is 4.11. The molecule has 1 aromatic carbocycles. The molecular weight excluding hydrogens is 408 g/mol. The highest BCUT2D eigenvalue weighted by molar-refractivity contribution is 7.71. The molecule has 0 saturated carbocycles. The Morgan fingerprint density at radius 1 is 1.03 bits per heavy atom. The van der Waals surface area contributed by atoms with Crippen LogP contribution in [0.2, 0.25) is 0 Å². The lowest BCUT2D eigenvalue weighted by atomic mass is 10.3. The molecule has 29 heavy (non-hydrogen) atoms. The van der Waals surface area contributed by atoms with E-state index in [-0.39, 0.29) is 0 Å². The Balaban J connectivity index is 1.25. The maximum absolute atomic E-state index is 5.66. The van der Waals surface area contributed by atoms with Crippen LogP contribution in [-0.2, 0) is 6.67 Å². The second kappa shape index (κ2) is 7.85. The summed E-state index contributed by atoms with van der Waals surface area (Å²) >= 11 is 6.93. The average Bonchev–Trinajstić information content (AvgIpc) is 3.51. The van der Waals surface area contributed by atoms with Gasteiger partial charge in [-0.05, 0) is 46.2 Å². The first kappa shape index (κ1) is 18.2. The topological polar surface area (TPSA) is 81.0 Å². The molecule has 4 heterocycles. The van der Waals surface area contributed by atoms with Gasteiger partial charge < -0.3 is 9.32 Å². The van der Waals surface area contributed by atoms with Crippen LogP contribution in [0.25, 0.3) is 16.5 Å². The molecule has 1 aliphatic rings. The van der Waals surface area contributed by atoms with Gasteiger partial charge in [-0.15, -0.1) is 16.4 Å². The Morgan fingerprint density at radius 2 is 1.86 bits per heavy atom. The molecule has 0 bridgehead atoms. The van der Waals surface area contributed by atoms with Crippen LogP contribution >= 0.6 is 23.6 Å². The number of tetrazole rings is 1. The number of rotatable bonds is 5. The molecule has 11 heteroatoms. The van der Waals surface area contributed by atoms with E-state index in [0.717, 1.165) is 42.7 Å². The molecule has 3 aromatic heterocycles. The van der Waals surface area contributed by atoms with Crippen molar-refractivity contribution in [1.82, 2.24) is 34.9 Å². The molecule has 9 nitrogen and oxygen atoms in total. The minimum atomic E-state index is 0.392. The SMILES string of the molecule is S=c1oc(-c2cccs2)nn1CN1CCN(c2nnnn2-c2ccccc2)CC1. The standard InChI is InChI=1S/C18H18N8OS2/c28-18-25(20-16(27-18)15-7-4-12-29-15)13-23-8-10-24(11-9-23)17-19-21-22-26(17)14-5-2-1-3-6-14/h1-7,12H,8-11,13H2. The smallest absolute Gasteiger partial charge is 0.288 e. The zero-order valence-electron chi connectivity index (χ0n) is 15.5. The van der Waals surface area contributed by atoms with Gasteiger partial charge in [0.1, 0.15) is 0 Å². The number of piperazine rings is 1. The Kier molecular flexibility index (Phi) is 4.92. The molecular formula is C18H18N8OS2. The van der Waals surface area contributed by atoms with E-state index in [2.05, 4.69) is 30.4 Å². The zero-order valence-corrected chi connectivity index (χ0v) is 17.1. The van der Waals surface area contributed by atoms with Crippen molar-refractivity contribution >= 4 is 29.5 Å². The molecule has 1 saturated heterocycles. The quantitative estimate of drug-likeness (QED) is 0.451. The van der Waals surface area contributed by atoms with Crippen LogP contribution in [0.1, 0.15) is 0 Å². The lowest BCUT2D eigenvalue weighted by Gasteiger charge is -2.34. The summed E-state index contributed by atoms with van der Waals surface area (Å²) in [6.45, 7) is 3.94. The summed E-state index contributed by atoms with van der Waals surface area (Å²) in [5.41, 5.74) is 0.949. The van der Waals surface area contributed by atoms with Gasteiger partial charge in [-0.3, -0.25) is 4.90 Å². The molecule has 1 fully saturated rings. The molecule has 5 rings (SSSR count).